The molecular weight excluding hydrogens is 201 g/mol. The molecule has 0 spiro atoms. The first-order chi connectivity index (χ1) is 6.49. The van der Waals surface area contributed by atoms with Crippen LogP contribution in [0.4, 0.5) is 13.2 Å². The second-order valence-corrected chi connectivity index (χ2v) is 2.38. The summed E-state index contributed by atoms with van der Waals surface area (Å²) in [5.74, 6) is -4.33. The van der Waals surface area contributed by atoms with Gasteiger partial charge >= 0.3 is 12.3 Å². The number of aliphatic carboxylic acids is 1. The van der Waals surface area contributed by atoms with Gasteiger partial charge in [-0.15, -0.1) is 0 Å². The van der Waals surface area contributed by atoms with E-state index < -0.39 is 29.7 Å². The van der Waals surface area contributed by atoms with Crippen molar-refractivity contribution in [3.63, 3.8) is 0 Å². The molecule has 0 amide bonds. The Hall–Kier alpha value is -1.72. The van der Waals surface area contributed by atoms with Gasteiger partial charge in [0.2, 0.25) is 0 Å². The Balaban J connectivity index is 2.81. The fourth-order valence-electron chi connectivity index (χ4n) is 0.766. The summed E-state index contributed by atoms with van der Waals surface area (Å²) in [6.45, 7) is 0. The topological polar surface area (TPSA) is 46.5 Å². The van der Waals surface area contributed by atoms with Crippen LogP contribution in [0.2, 0.25) is 0 Å². The van der Waals surface area contributed by atoms with Crippen molar-refractivity contribution in [2.45, 2.75) is 6.36 Å². The Morgan fingerprint density at radius 3 is 2.21 bits per heavy atom. The molecule has 0 saturated carbocycles. The first-order valence-electron chi connectivity index (χ1n) is 3.48. The molecule has 1 unspecified atom stereocenters. The van der Waals surface area contributed by atoms with E-state index in [1.807, 2.05) is 0 Å². The molecule has 0 aromatic heterocycles. The number of halogens is 3. The lowest BCUT2D eigenvalue weighted by atomic mass is 10.3. The Morgan fingerprint density at radius 1 is 1.29 bits per heavy atom. The van der Waals surface area contributed by atoms with Gasteiger partial charge in [-0.25, -0.2) is 13.6 Å². The highest BCUT2D eigenvalue weighted by molar-refractivity contribution is 5.70. The summed E-state index contributed by atoms with van der Waals surface area (Å²) in [5.41, 5.74) is 0. The van der Waals surface area contributed by atoms with E-state index in [2.05, 4.69) is 4.74 Å². The van der Waals surface area contributed by atoms with Crippen molar-refractivity contribution >= 4 is 5.97 Å². The lowest BCUT2D eigenvalue weighted by Gasteiger charge is -2.06. The zero-order valence-corrected chi connectivity index (χ0v) is 6.71. The van der Waals surface area contributed by atoms with Crippen LogP contribution in [0.3, 0.4) is 0 Å². The van der Waals surface area contributed by atoms with Crippen molar-refractivity contribution in [1.29, 1.82) is 0 Å². The third kappa shape index (κ3) is 2.65. The Labute approximate surface area is 76.7 Å². The molecule has 14 heavy (non-hydrogen) atoms. The summed E-state index contributed by atoms with van der Waals surface area (Å²) in [6.07, 6.45) is -2.64. The molecule has 1 N–H and O–H groups in total. The smallest absolute Gasteiger partial charge is 0.378 e. The summed E-state index contributed by atoms with van der Waals surface area (Å²) in [7, 11) is 0. The van der Waals surface area contributed by atoms with Gasteiger partial charge in [0.05, 0.1) is 0 Å². The van der Waals surface area contributed by atoms with Gasteiger partial charge in [-0.05, 0) is 0 Å². The van der Waals surface area contributed by atoms with Crippen molar-refractivity contribution in [3.05, 3.63) is 29.8 Å². The van der Waals surface area contributed by atoms with Crippen LogP contribution < -0.4 is 4.74 Å². The molecule has 0 aliphatic rings. The minimum Gasteiger partial charge on any atom is -0.476 e. The zero-order chi connectivity index (χ0) is 10.7. The van der Waals surface area contributed by atoms with Gasteiger partial charge in [0.25, 0.3) is 0 Å². The van der Waals surface area contributed by atoms with Crippen LogP contribution in [-0.2, 0) is 4.79 Å². The molecule has 0 aliphatic carbocycles. The average molecular weight is 206 g/mol. The van der Waals surface area contributed by atoms with Crippen molar-refractivity contribution in [1.82, 2.24) is 0 Å². The maximum Gasteiger partial charge on any atom is 0.378 e. The molecule has 0 heterocycles. The van der Waals surface area contributed by atoms with E-state index in [4.69, 9.17) is 5.11 Å². The number of benzene rings is 1. The molecule has 1 atom stereocenters. The lowest BCUT2D eigenvalue weighted by molar-refractivity contribution is -0.153. The van der Waals surface area contributed by atoms with Crippen LogP contribution in [-0.4, -0.2) is 17.4 Å². The monoisotopic (exact) mass is 206 g/mol. The number of carboxylic acid groups (broad SMARTS) is 1. The van der Waals surface area contributed by atoms with Gasteiger partial charge in [0.15, 0.2) is 0 Å². The Bertz CT molecular complexity index is 333. The summed E-state index contributed by atoms with van der Waals surface area (Å²) < 4.78 is 41.5. The van der Waals surface area contributed by atoms with E-state index in [0.717, 1.165) is 0 Å². The fourth-order valence-corrected chi connectivity index (χ4v) is 0.766. The van der Waals surface area contributed by atoms with E-state index in [1.165, 1.54) is 0 Å². The standard InChI is InChI=1S/C8H5F3O3/c9-4-1-5(10)3-6(2-4)14-7(11)8(12)13/h1-3,7H,(H,12,13). The predicted molar refractivity (Wildman–Crippen MR) is 39.5 cm³/mol. The van der Waals surface area contributed by atoms with Gasteiger partial charge in [0, 0.05) is 18.2 Å². The largest absolute Gasteiger partial charge is 0.476 e. The minimum absolute atomic E-state index is 0.516. The summed E-state index contributed by atoms with van der Waals surface area (Å²) in [5, 5.41) is 8.09. The first-order valence-corrected chi connectivity index (χ1v) is 3.48. The highest BCUT2D eigenvalue weighted by atomic mass is 19.1. The number of carbonyl (C=O) groups is 1. The number of alkyl halides is 1. The van der Waals surface area contributed by atoms with Gasteiger partial charge in [0.1, 0.15) is 17.4 Å². The average Bonchev–Trinajstić information content (AvgIpc) is 2.01. The molecule has 6 heteroatoms. The summed E-state index contributed by atoms with van der Waals surface area (Å²) in [6, 6.07) is 1.91. The number of hydrogen-bond acceptors (Lipinski definition) is 2. The van der Waals surface area contributed by atoms with Gasteiger partial charge < -0.3 is 9.84 Å². The molecule has 1 rings (SSSR count). The third-order valence-electron chi connectivity index (χ3n) is 1.27. The first kappa shape index (κ1) is 10.4. The summed E-state index contributed by atoms with van der Waals surface area (Å²) in [4.78, 5) is 9.99. The lowest BCUT2D eigenvalue weighted by Crippen LogP contribution is -2.21. The van der Waals surface area contributed by atoms with Gasteiger partial charge in [-0.3, -0.25) is 0 Å². The van der Waals surface area contributed by atoms with Crippen LogP contribution >= 0.6 is 0 Å². The molecular formula is C8H5F3O3. The van der Waals surface area contributed by atoms with Crippen molar-refractivity contribution in [2.75, 3.05) is 0 Å². The van der Waals surface area contributed by atoms with E-state index in [0.29, 0.717) is 18.2 Å². The molecule has 0 saturated heterocycles. The highest BCUT2D eigenvalue weighted by Crippen LogP contribution is 2.17. The minimum atomic E-state index is -2.64. The highest BCUT2D eigenvalue weighted by Gasteiger charge is 2.17. The van der Waals surface area contributed by atoms with Crippen LogP contribution in [0.1, 0.15) is 0 Å². The Kier molecular flexibility index (Phi) is 2.95. The molecule has 3 nitrogen and oxygen atoms in total. The predicted octanol–water partition coefficient (Wildman–Crippen LogP) is 1.72. The number of rotatable bonds is 3. The van der Waals surface area contributed by atoms with E-state index in [1.54, 1.807) is 0 Å². The van der Waals surface area contributed by atoms with E-state index in [-0.39, 0.29) is 0 Å². The molecule has 1 aromatic carbocycles. The number of ether oxygens (including phenoxy) is 1. The van der Waals surface area contributed by atoms with Gasteiger partial charge in [-0.1, -0.05) is 0 Å². The van der Waals surface area contributed by atoms with Crippen LogP contribution in [0.5, 0.6) is 5.75 Å². The zero-order valence-electron chi connectivity index (χ0n) is 6.71. The van der Waals surface area contributed by atoms with Crippen molar-refractivity contribution in [2.24, 2.45) is 0 Å². The quantitative estimate of drug-likeness (QED) is 0.818. The molecule has 0 fully saturated rings. The van der Waals surface area contributed by atoms with Crippen LogP contribution in [0, 0.1) is 11.6 Å². The maximum atomic E-state index is 12.5. The molecule has 76 valence electrons. The van der Waals surface area contributed by atoms with Crippen molar-refractivity contribution < 1.29 is 27.8 Å². The van der Waals surface area contributed by atoms with E-state index >= 15 is 0 Å². The van der Waals surface area contributed by atoms with Crippen LogP contribution in [0.25, 0.3) is 0 Å². The molecule has 0 bridgehead atoms. The normalized spacial score (nSPS) is 12.2. The van der Waals surface area contributed by atoms with Crippen molar-refractivity contribution in [3.8, 4) is 5.75 Å². The van der Waals surface area contributed by atoms with Crippen LogP contribution in [0.15, 0.2) is 18.2 Å². The fraction of sp³-hybridized carbons (Fsp3) is 0.125. The van der Waals surface area contributed by atoms with E-state index in [9.17, 15) is 18.0 Å². The molecule has 1 aromatic rings. The third-order valence-corrected chi connectivity index (χ3v) is 1.27. The summed E-state index contributed by atoms with van der Waals surface area (Å²) >= 11 is 0. The molecule has 0 radical (unpaired) electrons. The number of hydrogen-bond donors (Lipinski definition) is 1. The van der Waals surface area contributed by atoms with Gasteiger partial charge in [-0.2, -0.15) is 4.39 Å². The second-order valence-electron chi connectivity index (χ2n) is 2.38. The number of carboxylic acids is 1. The second kappa shape index (κ2) is 3.99. The molecule has 0 aliphatic heterocycles. The Morgan fingerprint density at radius 2 is 1.79 bits per heavy atom. The SMILES string of the molecule is O=C(O)C(F)Oc1cc(F)cc(F)c1. The maximum absolute atomic E-state index is 12.5.